The van der Waals surface area contributed by atoms with Crippen LogP contribution in [-0.2, 0) is 0 Å². The number of ether oxygens (including phenoxy) is 1. The van der Waals surface area contributed by atoms with E-state index in [9.17, 15) is 13.2 Å². The topological polar surface area (TPSA) is 21.3 Å². The lowest BCUT2D eigenvalue weighted by atomic mass is 10.0. The van der Waals surface area contributed by atoms with Crippen LogP contribution >= 0.6 is 0 Å². The predicted octanol–water partition coefficient (Wildman–Crippen LogP) is 4.20. The maximum absolute atomic E-state index is 12.0. The lowest BCUT2D eigenvalue weighted by molar-refractivity contribution is -0.274. The van der Waals surface area contributed by atoms with Crippen molar-refractivity contribution in [3.63, 3.8) is 0 Å². The molecular weight excluding hydrogens is 255 g/mol. The van der Waals surface area contributed by atoms with Crippen molar-refractivity contribution in [3.8, 4) is 5.75 Å². The number of nitrogens with one attached hydrogen (secondary N) is 1. The first-order valence-electron chi connectivity index (χ1n) is 6.10. The number of hydrogen-bond donors (Lipinski definition) is 1. The number of unbranched alkanes of at least 4 members (excludes halogenated alkanes) is 1. The van der Waals surface area contributed by atoms with E-state index in [1.165, 1.54) is 12.1 Å². The molecule has 0 aromatic heterocycles. The van der Waals surface area contributed by atoms with E-state index in [1.807, 2.05) is 13.1 Å². The normalized spacial score (nSPS) is 13.1. The monoisotopic (exact) mass is 273 g/mol. The fourth-order valence-electron chi connectivity index (χ4n) is 1.85. The Kier molecular flexibility index (Phi) is 5.89. The van der Waals surface area contributed by atoms with Crippen LogP contribution in [-0.4, -0.2) is 13.4 Å². The summed E-state index contributed by atoms with van der Waals surface area (Å²) in [4.78, 5) is 0. The molecule has 1 aromatic carbocycles. The minimum atomic E-state index is -4.64. The van der Waals surface area contributed by atoms with Crippen LogP contribution in [0.5, 0.6) is 5.75 Å². The predicted molar refractivity (Wildman–Crippen MR) is 69.0 cm³/mol. The van der Waals surface area contributed by atoms with E-state index in [0.29, 0.717) is 0 Å². The zero-order valence-corrected chi connectivity index (χ0v) is 10.8. The third-order valence-electron chi connectivity index (χ3n) is 2.77. The molecule has 0 saturated heterocycles. The lowest BCUT2D eigenvalue weighted by Gasteiger charge is -2.17. The number of allylic oxidation sites excluding steroid dienone is 1. The SMILES string of the molecule is C=CCCCC(NC)c1ccc(OC(F)(F)F)cc1. The summed E-state index contributed by atoms with van der Waals surface area (Å²) in [6.07, 6.45) is 0.0200. The van der Waals surface area contributed by atoms with E-state index in [2.05, 4.69) is 16.6 Å². The van der Waals surface area contributed by atoms with Crippen LogP contribution in [0.25, 0.3) is 0 Å². The fourth-order valence-corrected chi connectivity index (χ4v) is 1.85. The van der Waals surface area contributed by atoms with E-state index in [-0.39, 0.29) is 11.8 Å². The molecule has 0 saturated carbocycles. The minimum absolute atomic E-state index is 0.125. The summed E-state index contributed by atoms with van der Waals surface area (Å²) in [5, 5.41) is 3.15. The first-order valence-corrected chi connectivity index (χ1v) is 6.10. The second-order valence-corrected chi connectivity index (χ2v) is 4.18. The zero-order valence-electron chi connectivity index (χ0n) is 10.8. The molecule has 0 fully saturated rings. The van der Waals surface area contributed by atoms with Crippen molar-refractivity contribution >= 4 is 0 Å². The van der Waals surface area contributed by atoms with Gasteiger partial charge in [0, 0.05) is 6.04 Å². The summed E-state index contributed by atoms with van der Waals surface area (Å²) < 4.78 is 39.9. The largest absolute Gasteiger partial charge is 0.573 e. The summed E-state index contributed by atoms with van der Waals surface area (Å²) in [6.45, 7) is 3.66. The van der Waals surface area contributed by atoms with Gasteiger partial charge in [-0.1, -0.05) is 18.2 Å². The van der Waals surface area contributed by atoms with Gasteiger partial charge >= 0.3 is 6.36 Å². The van der Waals surface area contributed by atoms with Gasteiger partial charge in [0.1, 0.15) is 5.75 Å². The number of benzene rings is 1. The highest BCUT2D eigenvalue weighted by Gasteiger charge is 2.31. The molecule has 0 aliphatic heterocycles. The molecule has 0 aliphatic rings. The Morgan fingerprint density at radius 1 is 1.32 bits per heavy atom. The van der Waals surface area contributed by atoms with Gasteiger partial charge in [-0.25, -0.2) is 0 Å². The smallest absolute Gasteiger partial charge is 0.406 e. The Morgan fingerprint density at radius 3 is 2.42 bits per heavy atom. The first-order chi connectivity index (χ1) is 8.96. The third-order valence-corrected chi connectivity index (χ3v) is 2.77. The molecular formula is C14H18F3NO. The van der Waals surface area contributed by atoms with E-state index in [1.54, 1.807) is 12.1 Å². The number of halogens is 3. The summed E-state index contributed by atoms with van der Waals surface area (Å²) >= 11 is 0. The van der Waals surface area contributed by atoms with E-state index in [4.69, 9.17) is 0 Å². The molecule has 0 aliphatic carbocycles. The molecule has 0 radical (unpaired) electrons. The average molecular weight is 273 g/mol. The molecule has 0 spiro atoms. The van der Waals surface area contributed by atoms with Crippen LogP contribution in [0.2, 0.25) is 0 Å². The van der Waals surface area contributed by atoms with Crippen LogP contribution in [0, 0.1) is 0 Å². The third kappa shape index (κ3) is 5.79. The highest BCUT2D eigenvalue weighted by molar-refractivity contribution is 5.29. The van der Waals surface area contributed by atoms with Crippen molar-refractivity contribution in [3.05, 3.63) is 42.5 Å². The van der Waals surface area contributed by atoms with Crippen molar-refractivity contribution < 1.29 is 17.9 Å². The molecule has 2 nitrogen and oxygen atoms in total. The molecule has 1 unspecified atom stereocenters. The maximum atomic E-state index is 12.0. The first kappa shape index (κ1) is 15.6. The molecule has 1 N–H and O–H groups in total. The van der Waals surface area contributed by atoms with Crippen molar-refractivity contribution in [2.45, 2.75) is 31.7 Å². The number of alkyl halides is 3. The van der Waals surface area contributed by atoms with Crippen LogP contribution < -0.4 is 10.1 Å². The molecule has 1 atom stereocenters. The molecule has 106 valence electrons. The van der Waals surface area contributed by atoms with Gasteiger partial charge in [-0.3, -0.25) is 0 Å². The van der Waals surface area contributed by atoms with E-state index < -0.39 is 6.36 Å². The van der Waals surface area contributed by atoms with Gasteiger partial charge < -0.3 is 10.1 Å². The van der Waals surface area contributed by atoms with Gasteiger partial charge in [-0.05, 0) is 44.0 Å². The molecule has 0 bridgehead atoms. The molecule has 0 amide bonds. The zero-order chi connectivity index (χ0) is 14.3. The Labute approximate surface area is 111 Å². The second kappa shape index (κ2) is 7.19. The van der Waals surface area contributed by atoms with Crippen molar-refractivity contribution in [2.75, 3.05) is 7.05 Å². The number of hydrogen-bond acceptors (Lipinski definition) is 2. The summed E-state index contributed by atoms with van der Waals surface area (Å²) in [5.74, 6) is -0.197. The molecule has 5 heteroatoms. The Bertz CT molecular complexity index is 387. The Hall–Kier alpha value is -1.49. The van der Waals surface area contributed by atoms with Crippen LogP contribution in [0.4, 0.5) is 13.2 Å². The maximum Gasteiger partial charge on any atom is 0.573 e. The van der Waals surface area contributed by atoms with Gasteiger partial charge in [0.05, 0.1) is 0 Å². The van der Waals surface area contributed by atoms with Crippen molar-refractivity contribution in [1.82, 2.24) is 5.32 Å². The summed E-state index contributed by atoms with van der Waals surface area (Å²) in [5.41, 5.74) is 0.945. The van der Waals surface area contributed by atoms with Gasteiger partial charge in [-0.15, -0.1) is 19.8 Å². The molecule has 0 heterocycles. The van der Waals surface area contributed by atoms with Gasteiger partial charge in [0.15, 0.2) is 0 Å². The molecule has 1 rings (SSSR count). The van der Waals surface area contributed by atoms with Crippen LogP contribution in [0.15, 0.2) is 36.9 Å². The highest BCUT2D eigenvalue weighted by atomic mass is 19.4. The molecule has 1 aromatic rings. The minimum Gasteiger partial charge on any atom is -0.406 e. The fraction of sp³-hybridized carbons (Fsp3) is 0.429. The Balaban J connectivity index is 2.65. The average Bonchev–Trinajstić information content (AvgIpc) is 2.34. The highest BCUT2D eigenvalue weighted by Crippen LogP contribution is 2.25. The standard InChI is InChI=1S/C14H18F3NO/c1-3-4-5-6-13(18-2)11-7-9-12(10-8-11)19-14(15,16)17/h3,7-10,13,18H,1,4-6H2,2H3. The second-order valence-electron chi connectivity index (χ2n) is 4.18. The molecule has 19 heavy (non-hydrogen) atoms. The van der Waals surface area contributed by atoms with Crippen LogP contribution in [0.1, 0.15) is 30.9 Å². The van der Waals surface area contributed by atoms with Crippen molar-refractivity contribution in [2.24, 2.45) is 0 Å². The van der Waals surface area contributed by atoms with E-state index in [0.717, 1.165) is 24.8 Å². The van der Waals surface area contributed by atoms with Gasteiger partial charge in [0.25, 0.3) is 0 Å². The van der Waals surface area contributed by atoms with Gasteiger partial charge in [-0.2, -0.15) is 0 Å². The lowest BCUT2D eigenvalue weighted by Crippen LogP contribution is -2.18. The van der Waals surface area contributed by atoms with Crippen LogP contribution in [0.3, 0.4) is 0 Å². The summed E-state index contributed by atoms with van der Waals surface area (Å²) in [6, 6.07) is 6.09. The quantitative estimate of drug-likeness (QED) is 0.593. The van der Waals surface area contributed by atoms with Crippen molar-refractivity contribution in [1.29, 1.82) is 0 Å². The van der Waals surface area contributed by atoms with E-state index >= 15 is 0 Å². The number of rotatable bonds is 7. The van der Waals surface area contributed by atoms with Gasteiger partial charge in [0.2, 0.25) is 0 Å². The summed E-state index contributed by atoms with van der Waals surface area (Å²) in [7, 11) is 1.83. The Morgan fingerprint density at radius 2 is 1.95 bits per heavy atom.